The molecule has 2 aromatic heterocycles. The van der Waals surface area contributed by atoms with Crippen molar-refractivity contribution in [1.29, 1.82) is 0 Å². The summed E-state index contributed by atoms with van der Waals surface area (Å²) in [5.41, 5.74) is 0. The van der Waals surface area contributed by atoms with E-state index in [0.717, 1.165) is 21.7 Å². The Hall–Kier alpha value is -0.940. The van der Waals surface area contributed by atoms with Gasteiger partial charge in [0.1, 0.15) is 10.8 Å². The topological polar surface area (TPSA) is 37.8 Å². The largest absolute Gasteiger partial charge is 0.360 e. The van der Waals surface area contributed by atoms with Crippen molar-refractivity contribution in [2.45, 2.75) is 26.3 Å². The zero-order valence-corrected chi connectivity index (χ0v) is 12.2. The minimum atomic E-state index is 0.173. The molecule has 0 aliphatic carbocycles. The molecular formula is C12H14BrN3S. The van der Waals surface area contributed by atoms with Gasteiger partial charge in [-0.05, 0) is 41.4 Å². The number of rotatable bonds is 4. The highest BCUT2D eigenvalue weighted by molar-refractivity contribution is 9.10. The fourth-order valence-corrected chi connectivity index (χ4v) is 2.67. The Morgan fingerprint density at radius 3 is 2.94 bits per heavy atom. The average molecular weight is 312 g/mol. The molecule has 0 saturated heterocycles. The van der Waals surface area contributed by atoms with E-state index in [1.165, 1.54) is 4.88 Å². The van der Waals surface area contributed by atoms with Gasteiger partial charge in [0.2, 0.25) is 0 Å². The van der Waals surface area contributed by atoms with Gasteiger partial charge in [0.25, 0.3) is 0 Å². The number of thiazole rings is 1. The number of hydrogen-bond acceptors (Lipinski definition) is 4. The van der Waals surface area contributed by atoms with Crippen molar-refractivity contribution in [3.8, 4) is 0 Å². The highest BCUT2D eigenvalue weighted by atomic mass is 79.9. The number of nitrogens with zero attached hydrogens (tertiary/aromatic N) is 2. The molecule has 2 heterocycles. The fraction of sp³-hybridized carbons (Fsp3) is 0.333. The Morgan fingerprint density at radius 1 is 1.47 bits per heavy atom. The highest BCUT2D eigenvalue weighted by Gasteiger charge is 2.11. The first-order chi connectivity index (χ1) is 8.20. The first kappa shape index (κ1) is 12.5. The highest BCUT2D eigenvalue weighted by Crippen LogP contribution is 2.26. The van der Waals surface area contributed by atoms with Crippen molar-refractivity contribution >= 4 is 33.1 Å². The minimum Gasteiger partial charge on any atom is -0.360 e. The van der Waals surface area contributed by atoms with E-state index in [1.807, 2.05) is 18.3 Å². The lowest BCUT2D eigenvalue weighted by atomic mass is 10.3. The summed E-state index contributed by atoms with van der Waals surface area (Å²) in [5.74, 6) is 0.855. The van der Waals surface area contributed by atoms with E-state index in [2.05, 4.69) is 45.1 Å². The molecular weight excluding hydrogens is 298 g/mol. The Bertz CT molecular complexity index is 498. The molecule has 1 atom stereocenters. The molecule has 0 aliphatic heterocycles. The van der Waals surface area contributed by atoms with Crippen molar-refractivity contribution in [3.63, 3.8) is 0 Å². The third-order valence-electron chi connectivity index (χ3n) is 2.40. The Balaban J connectivity index is 2.11. The molecule has 0 saturated carbocycles. The summed E-state index contributed by atoms with van der Waals surface area (Å²) in [4.78, 5) is 10.0. The van der Waals surface area contributed by atoms with Gasteiger partial charge in [-0.25, -0.2) is 9.97 Å². The van der Waals surface area contributed by atoms with E-state index in [4.69, 9.17) is 0 Å². The lowest BCUT2D eigenvalue weighted by Crippen LogP contribution is -2.07. The number of aromatic nitrogens is 2. The third kappa shape index (κ3) is 3.04. The number of halogens is 1. The van der Waals surface area contributed by atoms with Crippen LogP contribution < -0.4 is 5.32 Å². The lowest BCUT2D eigenvalue weighted by molar-refractivity contribution is 0.859. The summed E-state index contributed by atoms with van der Waals surface area (Å²) in [6.07, 6.45) is 4.77. The zero-order chi connectivity index (χ0) is 12.3. The van der Waals surface area contributed by atoms with Crippen molar-refractivity contribution in [3.05, 3.63) is 38.9 Å². The maximum atomic E-state index is 4.43. The van der Waals surface area contributed by atoms with Gasteiger partial charge in [-0.15, -0.1) is 11.3 Å². The average Bonchev–Trinajstić information content (AvgIpc) is 2.81. The predicted molar refractivity (Wildman–Crippen MR) is 75.5 cm³/mol. The summed E-state index contributed by atoms with van der Waals surface area (Å²) >= 11 is 5.22. The fourth-order valence-electron chi connectivity index (χ4n) is 1.44. The van der Waals surface area contributed by atoms with Gasteiger partial charge in [-0.2, -0.15) is 0 Å². The van der Waals surface area contributed by atoms with Gasteiger partial charge < -0.3 is 5.32 Å². The zero-order valence-electron chi connectivity index (χ0n) is 9.77. The van der Waals surface area contributed by atoms with E-state index in [1.54, 1.807) is 17.5 Å². The Morgan fingerprint density at radius 2 is 2.29 bits per heavy atom. The molecule has 0 radical (unpaired) electrons. The normalized spacial score (nSPS) is 12.4. The van der Waals surface area contributed by atoms with Crippen LogP contribution in [0, 0.1) is 0 Å². The molecule has 0 bridgehead atoms. The summed E-state index contributed by atoms with van der Waals surface area (Å²) in [6.45, 7) is 4.24. The quantitative estimate of drug-likeness (QED) is 0.926. The monoisotopic (exact) mass is 311 g/mol. The standard InChI is InChI=1S/C12H14BrN3S/c1-3-9-7-15-12(17-9)8(2)16-11-10(13)5-4-6-14-11/h4-8H,3H2,1-2H3,(H,14,16). The molecule has 3 nitrogen and oxygen atoms in total. The summed E-state index contributed by atoms with van der Waals surface area (Å²) < 4.78 is 0.971. The van der Waals surface area contributed by atoms with Crippen LogP contribution >= 0.6 is 27.3 Å². The first-order valence-electron chi connectivity index (χ1n) is 5.52. The van der Waals surface area contributed by atoms with E-state index < -0.39 is 0 Å². The Kier molecular flexibility index (Phi) is 4.12. The number of aryl methyl sites for hydroxylation is 1. The second kappa shape index (κ2) is 5.60. The maximum absolute atomic E-state index is 4.43. The molecule has 0 aliphatic rings. The molecule has 1 N–H and O–H groups in total. The second-order valence-corrected chi connectivity index (χ2v) is 5.72. The number of hydrogen-bond donors (Lipinski definition) is 1. The van der Waals surface area contributed by atoms with Gasteiger partial charge in [-0.3, -0.25) is 0 Å². The Labute approximate surface area is 113 Å². The molecule has 5 heteroatoms. The van der Waals surface area contributed by atoms with Crippen molar-refractivity contribution in [2.75, 3.05) is 5.32 Å². The van der Waals surface area contributed by atoms with Gasteiger partial charge in [-0.1, -0.05) is 6.92 Å². The number of anilines is 1. The smallest absolute Gasteiger partial charge is 0.140 e. The van der Waals surface area contributed by atoms with Crippen LogP contribution in [0.15, 0.2) is 29.0 Å². The van der Waals surface area contributed by atoms with Crippen molar-refractivity contribution < 1.29 is 0 Å². The molecule has 2 rings (SSSR count). The molecule has 2 aromatic rings. The molecule has 90 valence electrons. The SMILES string of the molecule is CCc1cnc(C(C)Nc2ncccc2Br)s1. The first-order valence-corrected chi connectivity index (χ1v) is 7.13. The van der Waals surface area contributed by atoms with Crippen LogP contribution in [0.1, 0.15) is 29.8 Å². The molecule has 0 spiro atoms. The van der Waals surface area contributed by atoms with E-state index in [9.17, 15) is 0 Å². The minimum absolute atomic E-state index is 0.173. The van der Waals surface area contributed by atoms with Gasteiger partial charge >= 0.3 is 0 Å². The molecule has 0 fully saturated rings. The van der Waals surface area contributed by atoms with E-state index in [-0.39, 0.29) is 6.04 Å². The van der Waals surface area contributed by atoms with E-state index >= 15 is 0 Å². The van der Waals surface area contributed by atoms with Crippen molar-refractivity contribution in [2.24, 2.45) is 0 Å². The van der Waals surface area contributed by atoms with Crippen molar-refractivity contribution in [1.82, 2.24) is 9.97 Å². The van der Waals surface area contributed by atoms with Crippen LogP contribution in [0.25, 0.3) is 0 Å². The molecule has 17 heavy (non-hydrogen) atoms. The summed E-state index contributed by atoms with van der Waals surface area (Å²) in [7, 11) is 0. The van der Waals surface area contributed by atoms with Crippen LogP contribution in [0.2, 0.25) is 0 Å². The van der Waals surface area contributed by atoms with Gasteiger partial charge in [0.05, 0.1) is 10.5 Å². The van der Waals surface area contributed by atoms with Crippen LogP contribution in [0.5, 0.6) is 0 Å². The van der Waals surface area contributed by atoms with Crippen LogP contribution in [-0.4, -0.2) is 9.97 Å². The number of nitrogens with one attached hydrogen (secondary N) is 1. The van der Waals surface area contributed by atoms with Gasteiger partial charge in [0.15, 0.2) is 0 Å². The van der Waals surface area contributed by atoms with Crippen LogP contribution in [0.3, 0.4) is 0 Å². The molecule has 1 unspecified atom stereocenters. The molecule has 0 aromatic carbocycles. The predicted octanol–water partition coefficient (Wildman–Crippen LogP) is 4.04. The lowest BCUT2D eigenvalue weighted by Gasteiger charge is -2.12. The number of pyridine rings is 1. The third-order valence-corrected chi connectivity index (χ3v) is 4.37. The van der Waals surface area contributed by atoms with E-state index in [0.29, 0.717) is 0 Å². The van der Waals surface area contributed by atoms with Gasteiger partial charge in [0, 0.05) is 17.3 Å². The maximum Gasteiger partial charge on any atom is 0.140 e. The van der Waals surface area contributed by atoms with Crippen LogP contribution in [-0.2, 0) is 6.42 Å². The summed E-state index contributed by atoms with van der Waals surface area (Å²) in [5, 5.41) is 4.45. The second-order valence-electron chi connectivity index (χ2n) is 3.72. The molecule has 0 amide bonds. The summed E-state index contributed by atoms with van der Waals surface area (Å²) in [6, 6.07) is 4.05. The van der Waals surface area contributed by atoms with Crippen LogP contribution in [0.4, 0.5) is 5.82 Å².